The Hall–Kier alpha value is -0.920. The predicted octanol–water partition coefficient (Wildman–Crippen LogP) is 1.40. The van der Waals surface area contributed by atoms with Crippen molar-refractivity contribution in [1.82, 2.24) is 10.2 Å². The largest absolute Gasteiger partial charge is 0.158 e. The van der Waals surface area contributed by atoms with Crippen molar-refractivity contribution in [1.29, 1.82) is 0 Å². The van der Waals surface area contributed by atoms with Crippen molar-refractivity contribution in [2.75, 3.05) is 0 Å². The lowest BCUT2D eigenvalue weighted by molar-refractivity contribution is 0.921. The summed E-state index contributed by atoms with van der Waals surface area (Å²) in [4.78, 5) is 0. The van der Waals surface area contributed by atoms with Gasteiger partial charge in [0.2, 0.25) is 0 Å². The summed E-state index contributed by atoms with van der Waals surface area (Å²) in [6.45, 7) is 4.22. The molecule has 0 spiro atoms. The Morgan fingerprint density at radius 1 is 1.40 bits per heavy atom. The van der Waals surface area contributed by atoms with Gasteiger partial charge in [0.1, 0.15) is 6.20 Å². The second-order valence-corrected chi connectivity index (χ2v) is 2.17. The number of hydrogen-bond acceptors (Lipinski definition) is 2. The van der Waals surface area contributed by atoms with Crippen LogP contribution < -0.4 is 0 Å². The summed E-state index contributed by atoms with van der Waals surface area (Å²) in [6.07, 6.45) is 6.71. The van der Waals surface area contributed by atoms with Crippen molar-refractivity contribution in [3.05, 3.63) is 23.5 Å². The molecule has 0 aliphatic heterocycles. The molecular formula is C8H11N2. The highest BCUT2D eigenvalue weighted by Gasteiger charge is 1.96. The number of aryl methyl sites for hydroxylation is 2. The zero-order chi connectivity index (χ0) is 7.40. The molecule has 2 heteroatoms. The van der Waals surface area contributed by atoms with E-state index in [0.29, 0.717) is 0 Å². The zero-order valence-corrected chi connectivity index (χ0v) is 6.39. The summed E-state index contributed by atoms with van der Waals surface area (Å²) in [5, 5.41) is 7.45. The van der Waals surface area contributed by atoms with Crippen LogP contribution >= 0.6 is 0 Å². The van der Waals surface area contributed by atoms with Gasteiger partial charge < -0.3 is 0 Å². The maximum Gasteiger partial charge on any atom is 0.117 e. The van der Waals surface area contributed by atoms with Crippen LogP contribution in [0.3, 0.4) is 0 Å². The number of nitrogens with zero attached hydrogens (tertiary/aromatic N) is 2. The van der Waals surface area contributed by atoms with E-state index >= 15 is 0 Å². The summed E-state index contributed by atoms with van der Waals surface area (Å²) in [7, 11) is 0. The highest BCUT2D eigenvalue weighted by Crippen LogP contribution is 2.04. The normalized spacial score (nSPS) is 9.80. The third-order valence-corrected chi connectivity index (χ3v) is 1.58. The third kappa shape index (κ3) is 1.32. The second kappa shape index (κ2) is 3.30. The Bertz CT molecular complexity index is 185. The number of aromatic nitrogens is 2. The van der Waals surface area contributed by atoms with Crippen molar-refractivity contribution in [3.63, 3.8) is 0 Å². The molecule has 1 heterocycles. The van der Waals surface area contributed by atoms with E-state index in [9.17, 15) is 0 Å². The van der Waals surface area contributed by atoms with Gasteiger partial charge in [-0.15, -0.1) is 5.10 Å². The Balaban J connectivity index is 2.96. The van der Waals surface area contributed by atoms with Crippen LogP contribution in [0.2, 0.25) is 0 Å². The van der Waals surface area contributed by atoms with Crippen molar-refractivity contribution >= 4 is 0 Å². The first-order chi connectivity index (χ1) is 4.88. The quantitative estimate of drug-likeness (QED) is 0.612. The van der Waals surface area contributed by atoms with E-state index in [2.05, 4.69) is 30.2 Å². The van der Waals surface area contributed by atoms with Crippen molar-refractivity contribution < 1.29 is 0 Å². The molecule has 2 nitrogen and oxygen atoms in total. The average Bonchev–Trinajstić information content (AvgIpc) is 2.04. The summed E-state index contributed by atoms with van der Waals surface area (Å²) in [6, 6.07) is 0. The summed E-state index contributed by atoms with van der Waals surface area (Å²) in [5.74, 6) is 0. The first-order valence-electron chi connectivity index (χ1n) is 3.59. The minimum absolute atomic E-state index is 0.999. The maximum absolute atomic E-state index is 3.76. The van der Waals surface area contributed by atoms with Crippen LogP contribution in [0.25, 0.3) is 0 Å². The molecular weight excluding hydrogens is 124 g/mol. The SMILES string of the molecule is CCc1[c]nncc1CC. The van der Waals surface area contributed by atoms with Gasteiger partial charge in [-0.3, -0.25) is 0 Å². The van der Waals surface area contributed by atoms with Gasteiger partial charge in [0, 0.05) is 0 Å². The monoisotopic (exact) mass is 135 g/mol. The topological polar surface area (TPSA) is 25.8 Å². The summed E-state index contributed by atoms with van der Waals surface area (Å²) >= 11 is 0. The molecule has 0 amide bonds. The molecule has 0 bridgehead atoms. The van der Waals surface area contributed by atoms with E-state index in [1.54, 1.807) is 0 Å². The number of hydrogen-bond donors (Lipinski definition) is 0. The fraction of sp³-hybridized carbons (Fsp3) is 0.500. The summed E-state index contributed by atoms with van der Waals surface area (Å²) in [5.41, 5.74) is 2.45. The molecule has 0 N–H and O–H groups in total. The first-order valence-corrected chi connectivity index (χ1v) is 3.59. The number of rotatable bonds is 2. The van der Waals surface area contributed by atoms with Gasteiger partial charge >= 0.3 is 0 Å². The molecule has 0 aliphatic rings. The molecule has 1 rings (SSSR count). The van der Waals surface area contributed by atoms with Crippen LogP contribution in [0, 0.1) is 6.20 Å². The van der Waals surface area contributed by atoms with Gasteiger partial charge in [-0.05, 0) is 24.0 Å². The maximum atomic E-state index is 3.76. The fourth-order valence-electron chi connectivity index (χ4n) is 0.948. The van der Waals surface area contributed by atoms with Gasteiger partial charge in [-0.1, -0.05) is 13.8 Å². The van der Waals surface area contributed by atoms with Crippen LogP contribution in [-0.2, 0) is 12.8 Å². The molecule has 0 atom stereocenters. The minimum atomic E-state index is 0.999. The third-order valence-electron chi connectivity index (χ3n) is 1.58. The molecule has 0 saturated heterocycles. The van der Waals surface area contributed by atoms with Gasteiger partial charge in [0.25, 0.3) is 0 Å². The Labute approximate surface area is 61.3 Å². The van der Waals surface area contributed by atoms with E-state index in [0.717, 1.165) is 12.8 Å². The predicted molar refractivity (Wildman–Crippen MR) is 39.6 cm³/mol. The summed E-state index contributed by atoms with van der Waals surface area (Å²) < 4.78 is 0. The molecule has 0 fully saturated rings. The molecule has 0 unspecified atom stereocenters. The van der Waals surface area contributed by atoms with Gasteiger partial charge in [-0.2, -0.15) is 5.10 Å². The molecule has 0 aliphatic carbocycles. The molecule has 1 aromatic rings. The van der Waals surface area contributed by atoms with E-state index in [1.807, 2.05) is 6.20 Å². The van der Waals surface area contributed by atoms with E-state index < -0.39 is 0 Å². The highest BCUT2D eigenvalue weighted by atomic mass is 15.1. The van der Waals surface area contributed by atoms with Gasteiger partial charge in [0.15, 0.2) is 0 Å². The lowest BCUT2D eigenvalue weighted by atomic mass is 10.1. The molecule has 0 saturated carbocycles. The molecule has 1 aromatic heterocycles. The van der Waals surface area contributed by atoms with E-state index in [1.165, 1.54) is 11.1 Å². The molecule has 53 valence electrons. The Morgan fingerprint density at radius 2 is 2.20 bits per heavy atom. The lowest BCUT2D eigenvalue weighted by Gasteiger charge is -1.99. The molecule has 10 heavy (non-hydrogen) atoms. The smallest absolute Gasteiger partial charge is 0.117 e. The zero-order valence-electron chi connectivity index (χ0n) is 6.39. The second-order valence-electron chi connectivity index (χ2n) is 2.17. The van der Waals surface area contributed by atoms with Gasteiger partial charge in [0.05, 0.1) is 6.20 Å². The molecule has 0 aromatic carbocycles. The first kappa shape index (κ1) is 7.19. The van der Waals surface area contributed by atoms with Crippen molar-refractivity contribution in [2.24, 2.45) is 0 Å². The van der Waals surface area contributed by atoms with Crippen LogP contribution in [0.15, 0.2) is 6.20 Å². The van der Waals surface area contributed by atoms with Crippen LogP contribution in [0.4, 0.5) is 0 Å². The Kier molecular flexibility index (Phi) is 2.37. The fourth-order valence-corrected chi connectivity index (χ4v) is 0.948. The van der Waals surface area contributed by atoms with Crippen molar-refractivity contribution in [3.8, 4) is 0 Å². The van der Waals surface area contributed by atoms with Crippen LogP contribution in [0.1, 0.15) is 25.0 Å². The standard InChI is InChI=1S/C8H11N2/c1-3-7-5-9-10-6-8(7)4-2/h5H,3-4H2,1-2H3. The lowest BCUT2D eigenvalue weighted by Crippen LogP contribution is -1.94. The Morgan fingerprint density at radius 3 is 2.70 bits per heavy atom. The molecule has 1 radical (unpaired) electrons. The van der Waals surface area contributed by atoms with E-state index in [4.69, 9.17) is 0 Å². The van der Waals surface area contributed by atoms with Crippen LogP contribution in [-0.4, -0.2) is 10.2 Å². The van der Waals surface area contributed by atoms with Crippen LogP contribution in [0.5, 0.6) is 0 Å². The minimum Gasteiger partial charge on any atom is -0.158 e. The van der Waals surface area contributed by atoms with Crippen molar-refractivity contribution in [2.45, 2.75) is 26.7 Å². The average molecular weight is 135 g/mol. The van der Waals surface area contributed by atoms with E-state index in [-0.39, 0.29) is 0 Å². The van der Waals surface area contributed by atoms with Gasteiger partial charge in [-0.25, -0.2) is 0 Å². The highest BCUT2D eigenvalue weighted by molar-refractivity contribution is 5.18.